The van der Waals surface area contributed by atoms with Gasteiger partial charge in [0.05, 0.1) is 17.5 Å². The minimum atomic E-state index is -0.0552. The summed E-state index contributed by atoms with van der Waals surface area (Å²) >= 11 is 6.01. The van der Waals surface area contributed by atoms with Crippen molar-refractivity contribution in [1.82, 2.24) is 0 Å². The molecule has 0 aliphatic heterocycles. The fraction of sp³-hybridized carbons (Fsp3) is 0.417. The van der Waals surface area contributed by atoms with E-state index in [0.717, 1.165) is 6.42 Å². The summed E-state index contributed by atoms with van der Waals surface area (Å²) in [5, 5.41) is 3.28. The number of benzene rings is 1. The lowest BCUT2D eigenvalue weighted by Crippen LogP contribution is -2.18. The standard InChI is InChI=1S/C12H15ClN2O2/c1-2-17-11-4-3-7(5-9(11)13)15-12(16)8-6-10(8)14/h3-5,8,10H,2,6,14H2,1H3,(H,15,16). The van der Waals surface area contributed by atoms with Gasteiger partial charge in [-0.25, -0.2) is 0 Å². The van der Waals surface area contributed by atoms with Crippen LogP contribution in [0.4, 0.5) is 5.69 Å². The van der Waals surface area contributed by atoms with Crippen LogP contribution in [0.5, 0.6) is 5.75 Å². The number of carbonyl (C=O) groups excluding carboxylic acids is 1. The molecule has 92 valence electrons. The number of rotatable bonds is 4. The molecule has 1 fully saturated rings. The Morgan fingerprint density at radius 2 is 2.35 bits per heavy atom. The quantitative estimate of drug-likeness (QED) is 0.864. The molecule has 2 rings (SSSR count). The van der Waals surface area contributed by atoms with Crippen LogP contribution in [0.1, 0.15) is 13.3 Å². The minimum absolute atomic E-state index is 0.00756. The second kappa shape index (κ2) is 4.94. The van der Waals surface area contributed by atoms with Crippen LogP contribution < -0.4 is 15.8 Å². The molecule has 1 aliphatic carbocycles. The largest absolute Gasteiger partial charge is 0.492 e. The maximum atomic E-state index is 11.6. The predicted molar refractivity (Wildman–Crippen MR) is 67.3 cm³/mol. The van der Waals surface area contributed by atoms with E-state index in [0.29, 0.717) is 23.1 Å². The highest BCUT2D eigenvalue weighted by Crippen LogP contribution is 2.31. The summed E-state index contributed by atoms with van der Waals surface area (Å²) in [4.78, 5) is 11.6. The van der Waals surface area contributed by atoms with Gasteiger partial charge in [-0.05, 0) is 31.5 Å². The molecule has 0 saturated heterocycles. The summed E-state index contributed by atoms with van der Waals surface area (Å²) in [5.74, 6) is 0.522. The Bertz CT molecular complexity index is 437. The lowest BCUT2D eigenvalue weighted by molar-refractivity contribution is -0.117. The molecule has 1 aliphatic rings. The Balaban J connectivity index is 2.02. The number of carbonyl (C=O) groups is 1. The van der Waals surface area contributed by atoms with E-state index in [9.17, 15) is 4.79 Å². The molecule has 1 saturated carbocycles. The first-order chi connectivity index (χ1) is 8.11. The first-order valence-corrected chi connectivity index (χ1v) is 5.98. The topological polar surface area (TPSA) is 64.3 Å². The second-order valence-electron chi connectivity index (χ2n) is 4.07. The number of nitrogens with one attached hydrogen (secondary N) is 1. The molecule has 3 N–H and O–H groups in total. The number of hydrogen-bond acceptors (Lipinski definition) is 3. The van der Waals surface area contributed by atoms with E-state index in [4.69, 9.17) is 22.1 Å². The molecule has 0 heterocycles. The van der Waals surface area contributed by atoms with E-state index >= 15 is 0 Å². The van der Waals surface area contributed by atoms with Crippen LogP contribution >= 0.6 is 11.6 Å². The van der Waals surface area contributed by atoms with Crippen LogP contribution in [0.2, 0.25) is 5.02 Å². The van der Waals surface area contributed by atoms with Gasteiger partial charge < -0.3 is 15.8 Å². The van der Waals surface area contributed by atoms with Crippen molar-refractivity contribution in [3.05, 3.63) is 23.2 Å². The zero-order valence-electron chi connectivity index (χ0n) is 9.57. The molecule has 0 bridgehead atoms. The number of hydrogen-bond donors (Lipinski definition) is 2. The summed E-state index contributed by atoms with van der Waals surface area (Å²) in [5.41, 5.74) is 6.28. The van der Waals surface area contributed by atoms with Crippen molar-refractivity contribution < 1.29 is 9.53 Å². The fourth-order valence-corrected chi connectivity index (χ4v) is 1.84. The predicted octanol–water partition coefficient (Wildman–Crippen LogP) is 2.02. The molecule has 0 spiro atoms. The van der Waals surface area contributed by atoms with Crippen LogP contribution in [0, 0.1) is 5.92 Å². The van der Waals surface area contributed by atoms with Gasteiger partial charge in [-0.2, -0.15) is 0 Å². The molecule has 1 amide bonds. The van der Waals surface area contributed by atoms with E-state index in [1.807, 2.05) is 6.92 Å². The van der Waals surface area contributed by atoms with Crippen LogP contribution in [-0.2, 0) is 4.79 Å². The molecule has 2 atom stereocenters. The van der Waals surface area contributed by atoms with Crippen molar-refractivity contribution in [1.29, 1.82) is 0 Å². The summed E-state index contributed by atoms with van der Waals surface area (Å²) in [6, 6.07) is 5.20. The number of ether oxygens (including phenoxy) is 1. The Morgan fingerprint density at radius 3 is 2.88 bits per heavy atom. The molecule has 1 aromatic carbocycles. The zero-order chi connectivity index (χ0) is 12.4. The van der Waals surface area contributed by atoms with Gasteiger partial charge in [-0.1, -0.05) is 11.6 Å². The van der Waals surface area contributed by atoms with Crippen LogP contribution in [0.3, 0.4) is 0 Å². The Morgan fingerprint density at radius 1 is 1.65 bits per heavy atom. The summed E-state index contributed by atoms with van der Waals surface area (Å²) in [7, 11) is 0. The maximum Gasteiger partial charge on any atom is 0.229 e. The highest BCUT2D eigenvalue weighted by Gasteiger charge is 2.39. The highest BCUT2D eigenvalue weighted by atomic mass is 35.5. The van der Waals surface area contributed by atoms with Crippen LogP contribution in [0.25, 0.3) is 0 Å². The summed E-state index contributed by atoms with van der Waals surface area (Å²) in [6.45, 7) is 2.45. The third-order valence-electron chi connectivity index (χ3n) is 2.68. The molecular weight excluding hydrogens is 240 g/mol. The number of nitrogens with two attached hydrogens (primary N) is 1. The van der Waals surface area contributed by atoms with Crippen molar-refractivity contribution in [2.75, 3.05) is 11.9 Å². The molecular formula is C12H15ClN2O2. The van der Waals surface area contributed by atoms with E-state index in [1.54, 1.807) is 18.2 Å². The van der Waals surface area contributed by atoms with Crippen LogP contribution in [0.15, 0.2) is 18.2 Å². The SMILES string of the molecule is CCOc1ccc(NC(=O)C2CC2N)cc1Cl. The van der Waals surface area contributed by atoms with E-state index in [2.05, 4.69) is 5.32 Å². The average Bonchev–Trinajstić information content (AvgIpc) is 3.00. The average molecular weight is 255 g/mol. The molecule has 5 heteroatoms. The van der Waals surface area contributed by atoms with Crippen molar-refractivity contribution >= 4 is 23.2 Å². The minimum Gasteiger partial charge on any atom is -0.492 e. The van der Waals surface area contributed by atoms with Gasteiger partial charge in [0.2, 0.25) is 5.91 Å². The zero-order valence-corrected chi connectivity index (χ0v) is 10.3. The normalized spacial score (nSPS) is 22.1. The first kappa shape index (κ1) is 12.2. The van der Waals surface area contributed by atoms with Crippen molar-refractivity contribution in [3.63, 3.8) is 0 Å². The van der Waals surface area contributed by atoms with Crippen molar-refractivity contribution in [2.45, 2.75) is 19.4 Å². The van der Waals surface area contributed by atoms with E-state index in [1.165, 1.54) is 0 Å². The van der Waals surface area contributed by atoms with Gasteiger partial charge in [0.1, 0.15) is 5.75 Å². The van der Waals surface area contributed by atoms with Crippen LogP contribution in [-0.4, -0.2) is 18.6 Å². The van der Waals surface area contributed by atoms with Gasteiger partial charge in [0.25, 0.3) is 0 Å². The number of halogens is 1. The van der Waals surface area contributed by atoms with Gasteiger partial charge in [0.15, 0.2) is 0 Å². The van der Waals surface area contributed by atoms with Gasteiger partial charge >= 0.3 is 0 Å². The van der Waals surface area contributed by atoms with Gasteiger partial charge in [-0.15, -0.1) is 0 Å². The molecule has 0 aromatic heterocycles. The Hall–Kier alpha value is -1.26. The Labute approximate surface area is 105 Å². The van der Waals surface area contributed by atoms with Crippen molar-refractivity contribution in [3.8, 4) is 5.75 Å². The third kappa shape index (κ3) is 2.90. The second-order valence-corrected chi connectivity index (χ2v) is 4.48. The van der Waals surface area contributed by atoms with E-state index in [-0.39, 0.29) is 17.9 Å². The smallest absolute Gasteiger partial charge is 0.229 e. The fourth-order valence-electron chi connectivity index (χ4n) is 1.60. The molecule has 0 radical (unpaired) electrons. The lowest BCUT2D eigenvalue weighted by atomic mass is 10.3. The summed E-state index contributed by atoms with van der Waals surface area (Å²) < 4.78 is 5.31. The first-order valence-electron chi connectivity index (χ1n) is 5.60. The molecule has 4 nitrogen and oxygen atoms in total. The molecule has 17 heavy (non-hydrogen) atoms. The maximum absolute atomic E-state index is 11.6. The van der Waals surface area contributed by atoms with Gasteiger partial charge in [-0.3, -0.25) is 4.79 Å². The Kier molecular flexibility index (Phi) is 3.54. The molecule has 1 aromatic rings. The number of anilines is 1. The number of amides is 1. The van der Waals surface area contributed by atoms with Crippen molar-refractivity contribution in [2.24, 2.45) is 11.7 Å². The van der Waals surface area contributed by atoms with Gasteiger partial charge in [0, 0.05) is 11.7 Å². The lowest BCUT2D eigenvalue weighted by Gasteiger charge is -2.08. The highest BCUT2D eigenvalue weighted by molar-refractivity contribution is 6.32. The molecule has 2 unspecified atom stereocenters. The monoisotopic (exact) mass is 254 g/mol. The third-order valence-corrected chi connectivity index (χ3v) is 2.97. The summed E-state index contributed by atoms with van der Waals surface area (Å²) in [6.07, 6.45) is 0.761. The van der Waals surface area contributed by atoms with E-state index < -0.39 is 0 Å².